The third-order valence-electron chi connectivity index (χ3n) is 3.97. The SMILES string of the molecule is Cn1cc(C2CCC(=O)CC2)c2ccc(F)cc21. The zero-order chi connectivity index (χ0) is 12.7. The number of benzene rings is 1. The van der Waals surface area contributed by atoms with Gasteiger partial charge in [0.15, 0.2) is 0 Å². The van der Waals surface area contributed by atoms with Crippen LogP contribution in [0.3, 0.4) is 0 Å². The van der Waals surface area contributed by atoms with Gasteiger partial charge in [-0.2, -0.15) is 0 Å². The number of carbonyl (C=O) groups excluding carboxylic acids is 1. The number of aromatic nitrogens is 1. The minimum Gasteiger partial charge on any atom is -0.350 e. The van der Waals surface area contributed by atoms with Crippen LogP contribution in [0.4, 0.5) is 4.39 Å². The van der Waals surface area contributed by atoms with Gasteiger partial charge in [0.05, 0.1) is 5.52 Å². The van der Waals surface area contributed by atoms with Gasteiger partial charge in [0, 0.05) is 31.5 Å². The van der Waals surface area contributed by atoms with E-state index in [0.717, 1.165) is 23.7 Å². The summed E-state index contributed by atoms with van der Waals surface area (Å²) in [5, 5.41) is 1.12. The van der Waals surface area contributed by atoms with Crippen molar-refractivity contribution < 1.29 is 9.18 Å². The molecule has 0 radical (unpaired) electrons. The number of hydrogen-bond donors (Lipinski definition) is 0. The van der Waals surface area contributed by atoms with Crippen LogP contribution in [-0.2, 0) is 11.8 Å². The number of nitrogens with zero attached hydrogens (tertiary/aromatic N) is 1. The molecule has 1 heterocycles. The van der Waals surface area contributed by atoms with Crippen molar-refractivity contribution >= 4 is 16.7 Å². The zero-order valence-electron chi connectivity index (χ0n) is 10.4. The Hall–Kier alpha value is -1.64. The summed E-state index contributed by atoms with van der Waals surface area (Å²) in [6.07, 6.45) is 5.31. The van der Waals surface area contributed by atoms with Crippen molar-refractivity contribution in [3.8, 4) is 0 Å². The fourth-order valence-corrected chi connectivity index (χ4v) is 2.96. The Kier molecular flexibility index (Phi) is 2.69. The number of carbonyl (C=O) groups is 1. The van der Waals surface area contributed by atoms with Crippen LogP contribution in [0.5, 0.6) is 0 Å². The largest absolute Gasteiger partial charge is 0.350 e. The molecule has 94 valence electrons. The standard InChI is InChI=1S/C15H16FNO/c1-17-9-14(10-2-5-12(18)6-3-10)13-7-4-11(16)8-15(13)17/h4,7-10H,2-3,5-6H2,1H3. The summed E-state index contributed by atoms with van der Waals surface area (Å²) >= 11 is 0. The quantitative estimate of drug-likeness (QED) is 0.753. The Labute approximate surface area is 105 Å². The molecular formula is C15H16FNO. The number of rotatable bonds is 1. The van der Waals surface area contributed by atoms with E-state index in [2.05, 4.69) is 6.20 Å². The van der Waals surface area contributed by atoms with Gasteiger partial charge in [0.1, 0.15) is 11.6 Å². The van der Waals surface area contributed by atoms with Gasteiger partial charge in [-0.05, 0) is 42.5 Å². The number of ketones is 1. The molecule has 1 aromatic heterocycles. The van der Waals surface area contributed by atoms with E-state index in [1.54, 1.807) is 6.07 Å². The Morgan fingerprint density at radius 3 is 2.72 bits per heavy atom. The first-order chi connectivity index (χ1) is 8.65. The van der Waals surface area contributed by atoms with Crippen LogP contribution in [0.25, 0.3) is 10.9 Å². The van der Waals surface area contributed by atoms with Crippen LogP contribution < -0.4 is 0 Å². The smallest absolute Gasteiger partial charge is 0.132 e. The third-order valence-corrected chi connectivity index (χ3v) is 3.97. The van der Waals surface area contributed by atoms with E-state index in [-0.39, 0.29) is 5.82 Å². The van der Waals surface area contributed by atoms with Crippen LogP contribution in [0.2, 0.25) is 0 Å². The molecule has 0 N–H and O–H groups in total. The van der Waals surface area contributed by atoms with Crippen molar-refractivity contribution in [3.05, 3.63) is 35.8 Å². The first-order valence-corrected chi connectivity index (χ1v) is 6.41. The average molecular weight is 245 g/mol. The molecule has 0 spiro atoms. The lowest BCUT2D eigenvalue weighted by Gasteiger charge is -2.20. The Bertz CT molecular complexity index is 604. The van der Waals surface area contributed by atoms with Gasteiger partial charge in [-0.25, -0.2) is 4.39 Å². The zero-order valence-corrected chi connectivity index (χ0v) is 10.4. The predicted molar refractivity (Wildman–Crippen MR) is 69.1 cm³/mol. The summed E-state index contributed by atoms with van der Waals surface area (Å²) in [5.41, 5.74) is 2.20. The van der Waals surface area contributed by atoms with Gasteiger partial charge in [0.2, 0.25) is 0 Å². The van der Waals surface area contributed by atoms with Crippen LogP contribution in [0, 0.1) is 5.82 Å². The van der Waals surface area contributed by atoms with E-state index in [1.165, 1.54) is 11.6 Å². The molecule has 18 heavy (non-hydrogen) atoms. The molecule has 1 saturated carbocycles. The predicted octanol–water partition coefficient (Wildman–Crippen LogP) is 3.54. The first-order valence-electron chi connectivity index (χ1n) is 6.41. The maximum Gasteiger partial charge on any atom is 0.132 e. The molecule has 3 rings (SSSR count). The van der Waals surface area contributed by atoms with E-state index in [1.807, 2.05) is 17.7 Å². The second kappa shape index (κ2) is 4.23. The number of fused-ring (bicyclic) bond motifs is 1. The molecule has 2 nitrogen and oxygen atoms in total. The molecule has 0 unspecified atom stereocenters. The van der Waals surface area contributed by atoms with E-state index in [4.69, 9.17) is 0 Å². The number of halogens is 1. The van der Waals surface area contributed by atoms with Gasteiger partial charge < -0.3 is 4.57 Å². The van der Waals surface area contributed by atoms with Crippen molar-refractivity contribution in [2.45, 2.75) is 31.6 Å². The molecule has 1 aliphatic rings. The van der Waals surface area contributed by atoms with Gasteiger partial charge in [-0.1, -0.05) is 0 Å². The van der Waals surface area contributed by atoms with Gasteiger partial charge in [0.25, 0.3) is 0 Å². The van der Waals surface area contributed by atoms with Crippen LogP contribution in [0.1, 0.15) is 37.2 Å². The highest BCUT2D eigenvalue weighted by Gasteiger charge is 2.23. The second-order valence-corrected chi connectivity index (χ2v) is 5.17. The normalized spacial score (nSPS) is 17.6. The Morgan fingerprint density at radius 1 is 1.28 bits per heavy atom. The van der Waals surface area contributed by atoms with Crippen LogP contribution in [-0.4, -0.2) is 10.4 Å². The maximum absolute atomic E-state index is 13.3. The van der Waals surface area contributed by atoms with Gasteiger partial charge >= 0.3 is 0 Å². The fraction of sp³-hybridized carbons (Fsp3) is 0.400. The van der Waals surface area contributed by atoms with Crippen molar-refractivity contribution in [2.75, 3.05) is 0 Å². The summed E-state index contributed by atoms with van der Waals surface area (Å²) in [6, 6.07) is 4.95. The lowest BCUT2D eigenvalue weighted by molar-refractivity contribution is -0.120. The van der Waals surface area contributed by atoms with E-state index >= 15 is 0 Å². The lowest BCUT2D eigenvalue weighted by atomic mass is 9.83. The summed E-state index contributed by atoms with van der Waals surface area (Å²) in [4.78, 5) is 11.3. The third kappa shape index (κ3) is 1.84. The van der Waals surface area contributed by atoms with E-state index in [0.29, 0.717) is 24.5 Å². The topological polar surface area (TPSA) is 22.0 Å². The van der Waals surface area contributed by atoms with E-state index < -0.39 is 0 Å². The average Bonchev–Trinajstić information content (AvgIpc) is 2.68. The highest BCUT2D eigenvalue weighted by Crippen LogP contribution is 2.36. The summed E-state index contributed by atoms with van der Waals surface area (Å²) < 4.78 is 15.2. The molecule has 0 aliphatic heterocycles. The maximum atomic E-state index is 13.3. The van der Waals surface area contributed by atoms with Gasteiger partial charge in [-0.3, -0.25) is 4.79 Å². The second-order valence-electron chi connectivity index (χ2n) is 5.17. The highest BCUT2D eigenvalue weighted by atomic mass is 19.1. The van der Waals surface area contributed by atoms with Crippen molar-refractivity contribution in [1.29, 1.82) is 0 Å². The number of Topliss-reactive ketones (excluding diaryl/α,β-unsaturated/α-hetero) is 1. The molecule has 1 fully saturated rings. The van der Waals surface area contributed by atoms with Crippen molar-refractivity contribution in [3.63, 3.8) is 0 Å². The molecule has 3 heteroatoms. The summed E-state index contributed by atoms with van der Waals surface area (Å²) in [6.45, 7) is 0. The van der Waals surface area contributed by atoms with Crippen LogP contribution >= 0.6 is 0 Å². The monoisotopic (exact) mass is 245 g/mol. The molecular weight excluding hydrogens is 229 g/mol. The van der Waals surface area contributed by atoms with Crippen LogP contribution in [0.15, 0.2) is 24.4 Å². The van der Waals surface area contributed by atoms with Crippen molar-refractivity contribution in [1.82, 2.24) is 4.57 Å². The lowest BCUT2D eigenvalue weighted by Crippen LogP contribution is -2.12. The molecule has 0 bridgehead atoms. The molecule has 1 aliphatic carbocycles. The fourth-order valence-electron chi connectivity index (χ4n) is 2.96. The summed E-state index contributed by atoms with van der Waals surface area (Å²) in [7, 11) is 1.94. The van der Waals surface area contributed by atoms with E-state index in [9.17, 15) is 9.18 Å². The highest BCUT2D eigenvalue weighted by molar-refractivity contribution is 5.85. The molecule has 0 amide bonds. The Morgan fingerprint density at radius 2 is 2.00 bits per heavy atom. The minimum atomic E-state index is -0.200. The number of hydrogen-bond acceptors (Lipinski definition) is 1. The van der Waals surface area contributed by atoms with Crippen molar-refractivity contribution in [2.24, 2.45) is 7.05 Å². The number of aryl methyl sites for hydroxylation is 1. The minimum absolute atomic E-state index is 0.200. The first kappa shape index (κ1) is 11.5. The van der Waals surface area contributed by atoms with Gasteiger partial charge in [-0.15, -0.1) is 0 Å². The summed E-state index contributed by atoms with van der Waals surface area (Å²) in [5.74, 6) is 0.614. The molecule has 1 aromatic carbocycles. The Balaban J connectivity index is 2.04. The molecule has 2 aromatic rings. The molecule has 0 atom stereocenters. The molecule has 0 saturated heterocycles.